The van der Waals surface area contributed by atoms with Crippen LogP contribution in [0.2, 0.25) is 0 Å². The van der Waals surface area contributed by atoms with E-state index in [4.69, 9.17) is 0 Å². The minimum Gasteiger partial charge on any atom is -0.370 e. The van der Waals surface area contributed by atoms with Gasteiger partial charge in [0.05, 0.1) is 6.54 Å². The predicted octanol–water partition coefficient (Wildman–Crippen LogP) is 3.29. The molecule has 0 aromatic carbocycles. The number of rotatable bonds is 6. The topological polar surface area (TPSA) is 62.7 Å². The van der Waals surface area contributed by atoms with Crippen molar-refractivity contribution in [3.8, 4) is 0 Å². The van der Waals surface area contributed by atoms with Gasteiger partial charge in [-0.05, 0) is 27.2 Å². The first-order chi connectivity index (χ1) is 9.60. The SMILES string of the molecule is CCCNc1nc(C)nc(NCc2nc(C)cs2)c1C. The van der Waals surface area contributed by atoms with Crippen LogP contribution in [0, 0.1) is 20.8 Å². The van der Waals surface area contributed by atoms with E-state index in [9.17, 15) is 0 Å². The van der Waals surface area contributed by atoms with E-state index in [1.807, 2.05) is 20.8 Å². The molecule has 0 aliphatic carbocycles. The van der Waals surface area contributed by atoms with Crippen LogP contribution in [-0.2, 0) is 6.54 Å². The fourth-order valence-electron chi connectivity index (χ4n) is 1.86. The van der Waals surface area contributed by atoms with E-state index >= 15 is 0 Å². The molecule has 0 radical (unpaired) electrons. The number of aromatic nitrogens is 3. The molecule has 0 unspecified atom stereocenters. The minimum atomic E-state index is 0.697. The number of hydrogen-bond acceptors (Lipinski definition) is 6. The summed E-state index contributed by atoms with van der Waals surface area (Å²) in [7, 11) is 0. The Bertz CT molecular complexity index is 579. The van der Waals surface area contributed by atoms with E-state index in [1.165, 1.54) is 0 Å². The number of nitrogens with zero attached hydrogens (tertiary/aromatic N) is 3. The van der Waals surface area contributed by atoms with Crippen LogP contribution in [0.25, 0.3) is 0 Å². The van der Waals surface area contributed by atoms with E-state index in [0.717, 1.165) is 46.7 Å². The lowest BCUT2D eigenvalue weighted by molar-refractivity contribution is 0.941. The highest BCUT2D eigenvalue weighted by molar-refractivity contribution is 7.09. The van der Waals surface area contributed by atoms with Gasteiger partial charge in [0.1, 0.15) is 22.5 Å². The first-order valence-corrected chi connectivity index (χ1v) is 7.72. The third-order valence-electron chi connectivity index (χ3n) is 2.87. The van der Waals surface area contributed by atoms with Crippen molar-refractivity contribution in [1.82, 2.24) is 15.0 Å². The molecule has 20 heavy (non-hydrogen) atoms. The molecule has 2 aromatic rings. The Morgan fingerprint density at radius 2 is 1.75 bits per heavy atom. The molecule has 108 valence electrons. The largest absolute Gasteiger partial charge is 0.370 e. The molecule has 0 aliphatic heterocycles. The zero-order chi connectivity index (χ0) is 14.5. The summed E-state index contributed by atoms with van der Waals surface area (Å²) < 4.78 is 0. The molecule has 5 nitrogen and oxygen atoms in total. The molecule has 0 saturated carbocycles. The third kappa shape index (κ3) is 3.66. The molecule has 0 bridgehead atoms. The Balaban J connectivity index is 2.12. The van der Waals surface area contributed by atoms with Gasteiger partial charge in [0, 0.05) is 23.2 Å². The van der Waals surface area contributed by atoms with Crippen LogP contribution < -0.4 is 10.6 Å². The van der Waals surface area contributed by atoms with Gasteiger partial charge in [0.25, 0.3) is 0 Å². The summed E-state index contributed by atoms with van der Waals surface area (Å²) in [5, 5.41) is 9.83. The van der Waals surface area contributed by atoms with Crippen LogP contribution in [0.5, 0.6) is 0 Å². The molecule has 2 heterocycles. The van der Waals surface area contributed by atoms with Gasteiger partial charge in [0.15, 0.2) is 0 Å². The second-order valence-corrected chi connectivity index (χ2v) is 5.70. The van der Waals surface area contributed by atoms with Crippen LogP contribution in [0.15, 0.2) is 5.38 Å². The second kappa shape index (κ2) is 6.65. The van der Waals surface area contributed by atoms with Crippen LogP contribution in [0.3, 0.4) is 0 Å². The molecule has 0 fully saturated rings. The van der Waals surface area contributed by atoms with Crippen molar-refractivity contribution in [2.45, 2.75) is 40.7 Å². The Morgan fingerprint density at radius 1 is 1.05 bits per heavy atom. The Labute approximate surface area is 123 Å². The van der Waals surface area contributed by atoms with E-state index in [-0.39, 0.29) is 0 Å². The summed E-state index contributed by atoms with van der Waals surface area (Å²) in [5.74, 6) is 2.56. The molecule has 0 amide bonds. The van der Waals surface area contributed by atoms with Crippen molar-refractivity contribution in [3.05, 3.63) is 27.5 Å². The third-order valence-corrected chi connectivity index (χ3v) is 3.84. The highest BCUT2D eigenvalue weighted by Crippen LogP contribution is 2.21. The van der Waals surface area contributed by atoms with Crippen LogP contribution >= 0.6 is 11.3 Å². The molecule has 0 aliphatic rings. The van der Waals surface area contributed by atoms with Crippen molar-refractivity contribution < 1.29 is 0 Å². The average Bonchev–Trinajstić information content (AvgIpc) is 2.83. The molecule has 2 rings (SSSR count). The van der Waals surface area contributed by atoms with Gasteiger partial charge in [-0.25, -0.2) is 15.0 Å². The quantitative estimate of drug-likeness (QED) is 0.855. The molecule has 0 atom stereocenters. The number of hydrogen-bond donors (Lipinski definition) is 2. The molecular weight excluding hydrogens is 270 g/mol. The van der Waals surface area contributed by atoms with Gasteiger partial charge >= 0.3 is 0 Å². The molecule has 2 aromatic heterocycles. The summed E-state index contributed by atoms with van der Waals surface area (Å²) >= 11 is 1.66. The van der Waals surface area contributed by atoms with Crippen molar-refractivity contribution in [2.24, 2.45) is 0 Å². The first kappa shape index (κ1) is 14.7. The highest BCUT2D eigenvalue weighted by atomic mass is 32.1. The van der Waals surface area contributed by atoms with Crippen LogP contribution in [0.4, 0.5) is 11.6 Å². The maximum Gasteiger partial charge on any atom is 0.135 e. The summed E-state index contributed by atoms with van der Waals surface area (Å²) in [4.78, 5) is 13.4. The van der Waals surface area contributed by atoms with E-state index in [0.29, 0.717) is 6.54 Å². The van der Waals surface area contributed by atoms with Gasteiger partial charge in [-0.1, -0.05) is 6.92 Å². The van der Waals surface area contributed by atoms with Gasteiger partial charge < -0.3 is 10.6 Å². The lowest BCUT2D eigenvalue weighted by atomic mass is 10.3. The molecular formula is C14H21N5S. The Kier molecular flexibility index (Phi) is 4.89. The summed E-state index contributed by atoms with van der Waals surface area (Å²) in [5.41, 5.74) is 2.12. The lowest BCUT2D eigenvalue weighted by Gasteiger charge is -2.13. The highest BCUT2D eigenvalue weighted by Gasteiger charge is 2.09. The van der Waals surface area contributed by atoms with Crippen LogP contribution in [0.1, 0.15) is 35.4 Å². The van der Waals surface area contributed by atoms with E-state index < -0.39 is 0 Å². The molecule has 0 spiro atoms. The number of aryl methyl sites for hydroxylation is 2. The van der Waals surface area contributed by atoms with Gasteiger partial charge in [-0.15, -0.1) is 11.3 Å². The van der Waals surface area contributed by atoms with Crippen LogP contribution in [-0.4, -0.2) is 21.5 Å². The monoisotopic (exact) mass is 291 g/mol. The van der Waals surface area contributed by atoms with Gasteiger partial charge in [-0.3, -0.25) is 0 Å². The fourth-order valence-corrected chi connectivity index (χ4v) is 2.57. The normalized spacial score (nSPS) is 10.6. The fraction of sp³-hybridized carbons (Fsp3) is 0.500. The summed E-state index contributed by atoms with van der Waals surface area (Å²) in [6.07, 6.45) is 1.07. The predicted molar refractivity (Wildman–Crippen MR) is 84.5 cm³/mol. The van der Waals surface area contributed by atoms with Crippen molar-refractivity contribution in [1.29, 1.82) is 0 Å². The molecule has 2 N–H and O–H groups in total. The summed E-state index contributed by atoms with van der Waals surface area (Å²) in [6.45, 7) is 9.71. The number of anilines is 2. The Morgan fingerprint density at radius 3 is 2.35 bits per heavy atom. The number of nitrogens with one attached hydrogen (secondary N) is 2. The smallest absolute Gasteiger partial charge is 0.135 e. The van der Waals surface area contributed by atoms with Gasteiger partial charge in [0.2, 0.25) is 0 Å². The van der Waals surface area contributed by atoms with Crippen molar-refractivity contribution >= 4 is 23.0 Å². The first-order valence-electron chi connectivity index (χ1n) is 6.84. The maximum atomic E-state index is 4.48. The molecule has 0 saturated heterocycles. The van der Waals surface area contributed by atoms with Crippen molar-refractivity contribution in [2.75, 3.05) is 17.2 Å². The zero-order valence-electron chi connectivity index (χ0n) is 12.4. The Hall–Kier alpha value is -1.69. The van der Waals surface area contributed by atoms with E-state index in [1.54, 1.807) is 11.3 Å². The van der Waals surface area contributed by atoms with Gasteiger partial charge in [-0.2, -0.15) is 0 Å². The summed E-state index contributed by atoms with van der Waals surface area (Å²) in [6, 6.07) is 0. The second-order valence-electron chi connectivity index (χ2n) is 4.76. The standard InChI is InChI=1S/C14H21N5S/c1-5-6-15-13-10(3)14(19-11(4)18-13)16-7-12-17-9(2)8-20-12/h8H,5-7H2,1-4H3,(H2,15,16,18,19). The van der Waals surface area contributed by atoms with E-state index in [2.05, 4.69) is 37.9 Å². The average molecular weight is 291 g/mol. The van der Waals surface area contributed by atoms with Crippen molar-refractivity contribution in [3.63, 3.8) is 0 Å². The maximum absolute atomic E-state index is 4.48. The lowest BCUT2D eigenvalue weighted by Crippen LogP contribution is -2.10. The zero-order valence-corrected chi connectivity index (χ0v) is 13.3. The molecule has 6 heteroatoms. The number of thiazole rings is 1. The minimum absolute atomic E-state index is 0.697.